The van der Waals surface area contributed by atoms with Gasteiger partial charge in [0.25, 0.3) is 5.91 Å². The largest absolute Gasteiger partial charge is 0.363 e. The summed E-state index contributed by atoms with van der Waals surface area (Å²) < 4.78 is 58.6. The fourth-order valence-corrected chi connectivity index (χ4v) is 9.59. The van der Waals surface area contributed by atoms with Crippen molar-refractivity contribution in [3.05, 3.63) is 59.1 Å². The number of fused-ring (bicyclic) bond motifs is 2. The topological polar surface area (TPSA) is 244 Å². The van der Waals surface area contributed by atoms with Gasteiger partial charge in [0.05, 0.1) is 41.4 Å². The zero-order valence-corrected chi connectivity index (χ0v) is 37.8. The van der Waals surface area contributed by atoms with Crippen molar-refractivity contribution in [1.29, 1.82) is 0 Å². The van der Waals surface area contributed by atoms with Crippen LogP contribution in [-0.2, 0) is 34.4 Å². The zero-order valence-electron chi connectivity index (χ0n) is 33.0. The fourth-order valence-electron chi connectivity index (χ4n) is 6.39. The highest BCUT2D eigenvalue weighted by molar-refractivity contribution is 7.92. The fraction of sp³-hybridized carbons (Fsp3) is 0.333. The van der Waals surface area contributed by atoms with Crippen LogP contribution in [0, 0.1) is 0 Å². The summed E-state index contributed by atoms with van der Waals surface area (Å²) in [7, 11) is -1.89. The molecule has 322 valence electrons. The average molecular weight is 950 g/mol. The van der Waals surface area contributed by atoms with Gasteiger partial charge in [-0.15, -0.1) is 0 Å². The summed E-state index contributed by atoms with van der Waals surface area (Å²) in [4.78, 5) is 59.9. The monoisotopic (exact) mass is 948 g/mol. The predicted octanol–water partition coefficient (Wildman–Crippen LogP) is 4.86. The summed E-state index contributed by atoms with van der Waals surface area (Å²) in [5.74, 6) is -1.14. The number of nitrogens with one attached hydrogen (secondary N) is 4. The summed E-state index contributed by atoms with van der Waals surface area (Å²) in [5.41, 5.74) is 3.07. The van der Waals surface area contributed by atoms with Gasteiger partial charge in [-0.1, -0.05) is 45.9 Å². The highest BCUT2D eigenvalue weighted by atomic mass is 35.5. The van der Waals surface area contributed by atoms with Gasteiger partial charge >= 0.3 is 0 Å². The Morgan fingerprint density at radius 3 is 1.67 bits per heavy atom. The van der Waals surface area contributed by atoms with Gasteiger partial charge in [-0.25, -0.2) is 46.7 Å². The van der Waals surface area contributed by atoms with Crippen molar-refractivity contribution >= 4 is 120 Å². The van der Waals surface area contributed by atoms with Gasteiger partial charge in [0.2, 0.25) is 26.0 Å². The van der Waals surface area contributed by atoms with Crippen molar-refractivity contribution in [2.75, 3.05) is 66.8 Å². The summed E-state index contributed by atoms with van der Waals surface area (Å²) in [6, 6.07) is 8.70. The van der Waals surface area contributed by atoms with Crippen LogP contribution in [0.3, 0.4) is 0 Å². The van der Waals surface area contributed by atoms with E-state index >= 15 is 0 Å². The summed E-state index contributed by atoms with van der Waals surface area (Å²) in [6.45, 7) is 1.50. The number of carbonyl (C=O) groups excluding carboxylic acids is 2. The average Bonchev–Trinajstić information content (AvgIpc) is 3.77. The van der Waals surface area contributed by atoms with E-state index in [1.54, 1.807) is 43.3 Å². The van der Waals surface area contributed by atoms with Gasteiger partial charge in [0, 0.05) is 36.6 Å². The maximum Gasteiger partial charge on any atom is 0.257 e. The van der Waals surface area contributed by atoms with E-state index in [0.717, 1.165) is 48.3 Å². The Hall–Kier alpha value is -4.72. The lowest BCUT2D eigenvalue weighted by atomic mass is 10.0. The molecule has 7 rings (SSSR count). The normalized spacial score (nSPS) is 15.2. The lowest BCUT2D eigenvalue weighted by Crippen LogP contribution is -2.55. The van der Waals surface area contributed by atoms with Crippen molar-refractivity contribution in [1.82, 2.24) is 39.7 Å². The number of sulfonamides is 2. The molecule has 0 saturated carbocycles. The number of ether oxygens (including phenoxy) is 1. The van der Waals surface area contributed by atoms with E-state index in [1.807, 2.05) is 7.05 Å². The first-order chi connectivity index (χ1) is 28.8. The molecular formula is C36H38Cl2N12O7S4. The number of nitrogens with zero attached hydrogens (tertiary/aromatic N) is 8. The Bertz CT molecular complexity index is 2870. The number of hydrogen-bond acceptors (Lipinski definition) is 17. The second-order valence-electron chi connectivity index (χ2n) is 14.4. The van der Waals surface area contributed by atoms with Crippen molar-refractivity contribution in [3.8, 4) is 22.5 Å². The summed E-state index contributed by atoms with van der Waals surface area (Å²) in [5, 5.41) is 6.11. The quantitative estimate of drug-likeness (QED) is 0.107. The molecule has 1 aliphatic heterocycles. The number of likely N-dealkylation sites (tertiary alicyclic amines) is 1. The number of piperidine rings is 1. The third kappa shape index (κ3) is 11.0. The molecule has 7 heterocycles. The van der Waals surface area contributed by atoms with Crippen LogP contribution in [0.15, 0.2) is 48.8 Å². The Labute approximate surface area is 368 Å². The van der Waals surface area contributed by atoms with E-state index in [4.69, 9.17) is 27.9 Å². The van der Waals surface area contributed by atoms with Crippen LogP contribution >= 0.6 is 45.9 Å². The van der Waals surface area contributed by atoms with Crippen LogP contribution < -0.4 is 20.1 Å². The van der Waals surface area contributed by atoms with Gasteiger partial charge in [0.15, 0.2) is 26.7 Å². The second kappa shape index (κ2) is 17.9. The molecule has 61 heavy (non-hydrogen) atoms. The number of hydrogen-bond donors (Lipinski definition) is 4. The van der Waals surface area contributed by atoms with Gasteiger partial charge in [-0.2, -0.15) is 0 Å². The lowest BCUT2D eigenvalue weighted by Gasteiger charge is -2.35. The van der Waals surface area contributed by atoms with Gasteiger partial charge in [-0.3, -0.25) is 29.2 Å². The number of halogens is 2. The molecule has 0 aliphatic carbocycles. The highest BCUT2D eigenvalue weighted by Crippen LogP contribution is 2.33. The smallest absolute Gasteiger partial charge is 0.257 e. The third-order valence-electron chi connectivity index (χ3n) is 9.21. The molecule has 2 amide bonds. The van der Waals surface area contributed by atoms with Crippen molar-refractivity contribution in [2.45, 2.75) is 31.1 Å². The van der Waals surface area contributed by atoms with Crippen molar-refractivity contribution in [2.24, 2.45) is 0 Å². The molecule has 0 aromatic carbocycles. The van der Waals surface area contributed by atoms with Gasteiger partial charge in [0.1, 0.15) is 26.7 Å². The van der Waals surface area contributed by atoms with Crippen LogP contribution in [0.5, 0.6) is 0 Å². The molecule has 4 N–H and O–H groups in total. The molecule has 0 spiro atoms. The molecule has 0 radical (unpaired) electrons. The molecule has 25 heteroatoms. The first kappa shape index (κ1) is 44.3. The van der Waals surface area contributed by atoms with E-state index in [-0.39, 0.29) is 38.0 Å². The van der Waals surface area contributed by atoms with Crippen LogP contribution in [0.1, 0.15) is 12.8 Å². The van der Waals surface area contributed by atoms with Crippen LogP contribution in [-0.4, -0.2) is 133 Å². The minimum atomic E-state index is -3.62. The molecule has 1 saturated heterocycles. The zero-order chi connectivity index (χ0) is 43.8. The van der Waals surface area contributed by atoms with E-state index < -0.39 is 44.0 Å². The third-order valence-corrected chi connectivity index (χ3v) is 12.8. The molecule has 2 unspecified atom stereocenters. The number of aromatic nitrogens is 6. The number of pyridine rings is 4. The number of anilines is 4. The summed E-state index contributed by atoms with van der Waals surface area (Å²) >= 11 is 14.5. The van der Waals surface area contributed by atoms with Gasteiger partial charge < -0.3 is 15.0 Å². The second-order valence-corrected chi connectivity index (χ2v) is 20.6. The maximum atomic E-state index is 14.3. The van der Waals surface area contributed by atoms with E-state index in [2.05, 4.69) is 54.9 Å². The molecule has 0 bridgehead atoms. The number of carbonyl (C=O) groups is 2. The first-order valence-electron chi connectivity index (χ1n) is 18.2. The van der Waals surface area contributed by atoms with E-state index in [9.17, 15) is 26.4 Å². The first-order valence-corrected chi connectivity index (χ1v) is 24.4. The Morgan fingerprint density at radius 1 is 0.770 bits per heavy atom. The minimum absolute atomic E-state index is 0.0259. The van der Waals surface area contributed by atoms with Crippen LogP contribution in [0.2, 0.25) is 10.3 Å². The Balaban J connectivity index is 1.13. The molecule has 2 atom stereocenters. The number of likely N-dealkylation sites (N-methyl/N-ethyl adjacent to an activating group) is 1. The number of thiazole rings is 2. The van der Waals surface area contributed by atoms with Crippen molar-refractivity contribution in [3.63, 3.8) is 0 Å². The number of amides is 2. The molecule has 6 aromatic heterocycles. The molecule has 1 fully saturated rings. The molecule has 19 nitrogen and oxygen atoms in total. The molecule has 1 aliphatic rings. The van der Waals surface area contributed by atoms with E-state index in [0.29, 0.717) is 56.1 Å². The minimum Gasteiger partial charge on any atom is -0.363 e. The van der Waals surface area contributed by atoms with Gasteiger partial charge in [-0.05, 0) is 70.4 Å². The summed E-state index contributed by atoms with van der Waals surface area (Å²) in [6.07, 6.45) is 4.64. The number of rotatable bonds is 14. The molecule has 6 aromatic rings. The molecular weight excluding hydrogens is 912 g/mol. The van der Waals surface area contributed by atoms with Crippen molar-refractivity contribution < 1.29 is 31.2 Å². The van der Waals surface area contributed by atoms with E-state index in [1.165, 1.54) is 24.5 Å². The predicted molar refractivity (Wildman–Crippen MR) is 238 cm³/mol. The Morgan fingerprint density at radius 2 is 1.23 bits per heavy atom. The Kier molecular flexibility index (Phi) is 13.0. The lowest BCUT2D eigenvalue weighted by molar-refractivity contribution is -0.146. The van der Waals surface area contributed by atoms with Crippen LogP contribution in [0.4, 0.5) is 21.6 Å². The maximum absolute atomic E-state index is 14.3. The standard InChI is InChI=1S/C36H38Cl2N12O7S4/c1-49(2)27(31(51)45-35-43-23-8-6-21(41-33(23)58-35)18-14-25(29(37)39-16-18)47-60(4,53)54)28(57-20-10-12-50(3)13-11-20)32(52)46-36-44-24-9-7-22(42-34(24)59-36)19-15-26(30(38)40-17-19)48-61(5,55)56/h6-9,14-17,20,27-28,47-48H,10-13H2,1-5H3,(H,43,45,51)(H,44,46,52). The van der Waals surface area contributed by atoms with Crippen LogP contribution in [0.25, 0.3) is 43.2 Å². The SMILES string of the molecule is CN1CCC(OC(C(=O)Nc2nc3ccc(-c4cnc(Cl)c(NS(C)(=O)=O)c4)nc3s2)C(C(=O)Nc2nc3ccc(-c4cnc(Cl)c(NS(C)(=O)=O)c4)nc3s2)N(C)C)CC1. The highest BCUT2D eigenvalue weighted by Gasteiger charge is 2.39.